The molecule has 2 heterocycles. The van der Waals surface area contributed by atoms with Crippen LogP contribution in [0.25, 0.3) is 0 Å². The Labute approximate surface area is 145 Å². The highest BCUT2D eigenvalue weighted by atomic mass is 16.3. The van der Waals surface area contributed by atoms with Crippen LogP contribution in [-0.4, -0.2) is 39.9 Å². The molecule has 0 saturated carbocycles. The molecule has 0 radical (unpaired) electrons. The number of hydrogen-bond donors (Lipinski definition) is 2. The maximum absolute atomic E-state index is 13.0. The quantitative estimate of drug-likeness (QED) is 0.829. The second-order valence-corrected chi connectivity index (χ2v) is 6.53. The molecule has 0 aromatic heterocycles. The van der Waals surface area contributed by atoms with Gasteiger partial charge in [0.15, 0.2) is 0 Å². The van der Waals surface area contributed by atoms with E-state index in [1.807, 2.05) is 30.3 Å². The number of carbonyl (C=O) groups excluding carboxylic acids is 2. The summed E-state index contributed by atoms with van der Waals surface area (Å²) in [5.41, 5.74) is 5.03. The van der Waals surface area contributed by atoms with Crippen molar-refractivity contribution >= 4 is 11.8 Å². The van der Waals surface area contributed by atoms with Gasteiger partial charge in [-0.1, -0.05) is 42.5 Å². The SMILES string of the molecule is CN1N[C@@H](c2ccc(O)cc2)[C@H]2C(=O)N(Cc3ccccc3)C(=O)[C@H]21. The molecule has 6 heteroatoms. The summed E-state index contributed by atoms with van der Waals surface area (Å²) in [4.78, 5) is 27.2. The fraction of sp³-hybridized carbons (Fsp3) is 0.263. The van der Waals surface area contributed by atoms with Crippen LogP contribution in [0.2, 0.25) is 0 Å². The van der Waals surface area contributed by atoms with Crippen LogP contribution < -0.4 is 5.43 Å². The van der Waals surface area contributed by atoms with Crippen LogP contribution in [0, 0.1) is 5.92 Å². The maximum Gasteiger partial charge on any atom is 0.249 e. The maximum atomic E-state index is 13.0. The highest BCUT2D eigenvalue weighted by Gasteiger charge is 2.57. The first-order chi connectivity index (χ1) is 12.1. The van der Waals surface area contributed by atoms with Crippen LogP contribution in [-0.2, 0) is 16.1 Å². The molecule has 0 bridgehead atoms. The number of hydrazine groups is 1. The Balaban J connectivity index is 1.63. The van der Waals surface area contributed by atoms with Crippen LogP contribution in [0.3, 0.4) is 0 Å². The van der Waals surface area contributed by atoms with Crippen molar-refractivity contribution in [2.45, 2.75) is 18.6 Å². The molecule has 2 saturated heterocycles. The smallest absolute Gasteiger partial charge is 0.249 e. The normalized spacial score (nSPS) is 26.3. The molecule has 4 rings (SSSR count). The number of amides is 2. The highest BCUT2D eigenvalue weighted by Crippen LogP contribution is 2.40. The fourth-order valence-electron chi connectivity index (χ4n) is 3.73. The van der Waals surface area contributed by atoms with E-state index >= 15 is 0 Å². The second-order valence-electron chi connectivity index (χ2n) is 6.53. The first-order valence-corrected chi connectivity index (χ1v) is 8.23. The summed E-state index contributed by atoms with van der Waals surface area (Å²) >= 11 is 0. The third-order valence-electron chi connectivity index (χ3n) is 4.97. The van der Waals surface area contributed by atoms with Crippen molar-refractivity contribution in [3.05, 3.63) is 65.7 Å². The number of benzene rings is 2. The van der Waals surface area contributed by atoms with Gasteiger partial charge in [0.1, 0.15) is 11.8 Å². The number of likely N-dealkylation sites (N-methyl/N-ethyl adjacent to an activating group) is 1. The zero-order chi connectivity index (χ0) is 17.6. The summed E-state index contributed by atoms with van der Waals surface area (Å²) < 4.78 is 0. The van der Waals surface area contributed by atoms with Gasteiger partial charge in [-0.15, -0.1) is 0 Å². The molecule has 2 fully saturated rings. The van der Waals surface area contributed by atoms with Gasteiger partial charge in [0.05, 0.1) is 18.5 Å². The lowest BCUT2D eigenvalue weighted by molar-refractivity contribution is -0.142. The van der Waals surface area contributed by atoms with Crippen molar-refractivity contribution in [3.63, 3.8) is 0 Å². The Morgan fingerprint density at radius 3 is 2.36 bits per heavy atom. The number of aromatic hydroxyl groups is 1. The summed E-state index contributed by atoms with van der Waals surface area (Å²) in [6, 6.07) is 15.5. The van der Waals surface area contributed by atoms with Gasteiger partial charge < -0.3 is 5.11 Å². The minimum atomic E-state index is -0.505. The topological polar surface area (TPSA) is 72.9 Å². The van der Waals surface area contributed by atoms with E-state index in [0.717, 1.165) is 11.1 Å². The van der Waals surface area contributed by atoms with Gasteiger partial charge >= 0.3 is 0 Å². The van der Waals surface area contributed by atoms with Gasteiger partial charge in [-0.05, 0) is 23.3 Å². The van der Waals surface area contributed by atoms with Gasteiger partial charge in [-0.25, -0.2) is 10.4 Å². The third kappa shape index (κ3) is 2.59. The Morgan fingerprint density at radius 1 is 1.00 bits per heavy atom. The van der Waals surface area contributed by atoms with E-state index in [4.69, 9.17) is 0 Å². The van der Waals surface area contributed by atoms with E-state index in [2.05, 4.69) is 5.43 Å². The van der Waals surface area contributed by atoms with Crippen LogP contribution >= 0.6 is 0 Å². The molecule has 2 N–H and O–H groups in total. The predicted molar refractivity (Wildman–Crippen MR) is 91.0 cm³/mol. The summed E-state index contributed by atoms with van der Waals surface area (Å²) in [5.74, 6) is -0.624. The number of carbonyl (C=O) groups is 2. The lowest BCUT2D eigenvalue weighted by Gasteiger charge is -2.22. The number of phenolic OH excluding ortho intramolecular Hbond substituents is 1. The Bertz CT molecular complexity index is 806. The van der Waals surface area contributed by atoms with Crippen molar-refractivity contribution in [1.82, 2.24) is 15.3 Å². The first-order valence-electron chi connectivity index (χ1n) is 8.23. The average Bonchev–Trinajstić information content (AvgIpc) is 3.08. The van der Waals surface area contributed by atoms with E-state index in [1.54, 1.807) is 36.3 Å². The zero-order valence-corrected chi connectivity index (χ0v) is 13.8. The number of fused-ring (bicyclic) bond motifs is 1. The number of rotatable bonds is 3. The molecular weight excluding hydrogens is 318 g/mol. The first kappa shape index (κ1) is 15.8. The number of nitrogens with zero attached hydrogens (tertiary/aromatic N) is 2. The summed E-state index contributed by atoms with van der Waals surface area (Å²) in [6.07, 6.45) is 0. The second kappa shape index (κ2) is 5.98. The molecule has 2 aromatic rings. The molecule has 128 valence electrons. The molecule has 6 nitrogen and oxygen atoms in total. The minimum Gasteiger partial charge on any atom is -0.508 e. The minimum absolute atomic E-state index is 0.159. The van der Waals surface area contributed by atoms with Gasteiger partial charge in [0, 0.05) is 7.05 Å². The van der Waals surface area contributed by atoms with Crippen molar-refractivity contribution in [1.29, 1.82) is 0 Å². The number of imide groups is 1. The van der Waals surface area contributed by atoms with Gasteiger partial charge in [-0.3, -0.25) is 14.5 Å². The number of phenols is 1. The van der Waals surface area contributed by atoms with Crippen LogP contribution in [0.1, 0.15) is 17.2 Å². The molecule has 2 amide bonds. The van der Waals surface area contributed by atoms with Crippen molar-refractivity contribution in [3.8, 4) is 5.75 Å². The lowest BCUT2D eigenvalue weighted by Crippen LogP contribution is -2.42. The summed E-state index contributed by atoms with van der Waals surface area (Å²) in [5, 5.41) is 11.2. The Hall–Kier alpha value is -2.70. The zero-order valence-electron chi connectivity index (χ0n) is 13.8. The summed E-state index contributed by atoms with van der Waals surface area (Å²) in [7, 11) is 1.79. The molecule has 0 unspecified atom stereocenters. The Morgan fingerprint density at radius 2 is 1.68 bits per heavy atom. The van der Waals surface area contributed by atoms with Gasteiger partial charge in [0.25, 0.3) is 0 Å². The van der Waals surface area contributed by atoms with Crippen molar-refractivity contribution in [2.24, 2.45) is 5.92 Å². The number of likely N-dealkylation sites (tertiary alicyclic amines) is 1. The van der Waals surface area contributed by atoms with E-state index in [9.17, 15) is 14.7 Å². The number of hydrogen-bond acceptors (Lipinski definition) is 5. The Kier molecular flexibility index (Phi) is 3.78. The van der Waals surface area contributed by atoms with E-state index in [-0.39, 0.29) is 23.6 Å². The molecule has 3 atom stereocenters. The molecule has 0 aliphatic carbocycles. The summed E-state index contributed by atoms with van der Waals surface area (Å²) in [6.45, 7) is 0.293. The van der Waals surface area contributed by atoms with Crippen molar-refractivity contribution < 1.29 is 14.7 Å². The molecule has 0 spiro atoms. The molecule has 2 aliphatic rings. The van der Waals surface area contributed by atoms with Gasteiger partial charge in [0.2, 0.25) is 11.8 Å². The fourth-order valence-corrected chi connectivity index (χ4v) is 3.73. The van der Waals surface area contributed by atoms with Crippen molar-refractivity contribution in [2.75, 3.05) is 7.05 Å². The third-order valence-corrected chi connectivity index (χ3v) is 4.97. The van der Waals surface area contributed by atoms with E-state index < -0.39 is 12.0 Å². The van der Waals surface area contributed by atoms with Gasteiger partial charge in [-0.2, -0.15) is 0 Å². The molecule has 25 heavy (non-hydrogen) atoms. The van der Waals surface area contributed by atoms with E-state index in [1.165, 1.54) is 4.90 Å². The number of nitrogens with one attached hydrogen (secondary N) is 1. The standard InChI is InChI=1S/C19H19N3O3/c1-21-17-15(16(20-21)13-7-9-14(23)10-8-13)18(24)22(19(17)25)11-12-5-3-2-4-6-12/h2-10,15-17,20,23H,11H2,1H3/t15-,16+,17+/m1/s1. The average molecular weight is 337 g/mol. The monoisotopic (exact) mass is 337 g/mol. The van der Waals surface area contributed by atoms with Crippen LogP contribution in [0.4, 0.5) is 0 Å². The largest absolute Gasteiger partial charge is 0.508 e. The lowest BCUT2D eigenvalue weighted by atomic mass is 9.91. The molecule has 2 aromatic carbocycles. The van der Waals surface area contributed by atoms with Crippen LogP contribution in [0.15, 0.2) is 54.6 Å². The van der Waals surface area contributed by atoms with E-state index in [0.29, 0.717) is 6.54 Å². The van der Waals surface area contributed by atoms with Crippen LogP contribution in [0.5, 0.6) is 5.75 Å². The predicted octanol–water partition coefficient (Wildman–Crippen LogP) is 1.44. The molecule has 2 aliphatic heterocycles. The highest BCUT2D eigenvalue weighted by molar-refractivity contribution is 6.07. The molecular formula is C19H19N3O3.